The van der Waals surface area contributed by atoms with Crippen LogP contribution in [0.15, 0.2) is 0 Å². The van der Waals surface area contributed by atoms with Gasteiger partial charge in [-0.3, -0.25) is 0 Å². The smallest absolute Gasteiger partial charge is 0.100 e. The molecule has 0 saturated heterocycles. The maximum atomic E-state index is 8.79. The zero-order valence-electron chi connectivity index (χ0n) is 6.73. The third-order valence-corrected chi connectivity index (χ3v) is 1.20. The highest BCUT2D eigenvalue weighted by atomic mass is 16.5. The molecule has 0 rings (SSSR count). The van der Waals surface area contributed by atoms with Gasteiger partial charge in [0.2, 0.25) is 0 Å². The SMILES string of the molecule is CC(O)CCOCC(O)CO. The van der Waals surface area contributed by atoms with Crippen molar-refractivity contribution in [3.63, 3.8) is 0 Å². The van der Waals surface area contributed by atoms with Crippen LogP contribution in [-0.2, 0) is 4.74 Å². The van der Waals surface area contributed by atoms with Crippen LogP contribution < -0.4 is 0 Å². The third-order valence-electron chi connectivity index (χ3n) is 1.20. The van der Waals surface area contributed by atoms with Crippen LogP contribution in [0.4, 0.5) is 0 Å². The van der Waals surface area contributed by atoms with Gasteiger partial charge in [0.1, 0.15) is 6.10 Å². The Morgan fingerprint density at radius 2 is 2.00 bits per heavy atom. The minimum Gasteiger partial charge on any atom is -0.394 e. The molecule has 0 fully saturated rings. The fourth-order valence-electron chi connectivity index (χ4n) is 0.526. The Hall–Kier alpha value is -0.160. The van der Waals surface area contributed by atoms with E-state index in [0.717, 1.165) is 0 Å². The van der Waals surface area contributed by atoms with Gasteiger partial charge in [-0.1, -0.05) is 0 Å². The Labute approximate surface area is 66.4 Å². The molecular weight excluding hydrogens is 148 g/mol. The van der Waals surface area contributed by atoms with Crippen molar-refractivity contribution in [2.75, 3.05) is 19.8 Å². The average molecular weight is 164 g/mol. The first-order chi connectivity index (χ1) is 5.16. The maximum Gasteiger partial charge on any atom is 0.100 e. The molecule has 0 aliphatic rings. The first kappa shape index (κ1) is 10.8. The largest absolute Gasteiger partial charge is 0.394 e. The lowest BCUT2D eigenvalue weighted by molar-refractivity contribution is -0.00181. The molecule has 68 valence electrons. The molecule has 11 heavy (non-hydrogen) atoms. The normalized spacial score (nSPS) is 16.4. The fourth-order valence-corrected chi connectivity index (χ4v) is 0.526. The van der Waals surface area contributed by atoms with E-state index in [0.29, 0.717) is 13.0 Å². The topological polar surface area (TPSA) is 69.9 Å². The first-order valence-electron chi connectivity index (χ1n) is 3.71. The predicted molar refractivity (Wildman–Crippen MR) is 40.2 cm³/mol. The molecule has 0 bridgehead atoms. The summed E-state index contributed by atoms with van der Waals surface area (Å²) in [6.45, 7) is 1.93. The van der Waals surface area contributed by atoms with E-state index in [2.05, 4.69) is 0 Å². The van der Waals surface area contributed by atoms with Gasteiger partial charge in [0, 0.05) is 6.61 Å². The second-order valence-electron chi connectivity index (χ2n) is 2.55. The van der Waals surface area contributed by atoms with Crippen LogP contribution in [0.1, 0.15) is 13.3 Å². The first-order valence-corrected chi connectivity index (χ1v) is 3.71. The fraction of sp³-hybridized carbons (Fsp3) is 1.00. The molecule has 0 radical (unpaired) electrons. The van der Waals surface area contributed by atoms with Gasteiger partial charge in [0.15, 0.2) is 0 Å². The number of ether oxygens (including phenoxy) is 1. The molecule has 0 aromatic rings. The van der Waals surface area contributed by atoms with Gasteiger partial charge >= 0.3 is 0 Å². The molecule has 0 aliphatic heterocycles. The molecule has 0 spiro atoms. The number of hydrogen-bond acceptors (Lipinski definition) is 4. The minimum atomic E-state index is -0.802. The molecular formula is C7H16O4. The summed E-state index contributed by atoms with van der Waals surface area (Å²) >= 11 is 0. The van der Waals surface area contributed by atoms with Crippen LogP contribution in [-0.4, -0.2) is 47.3 Å². The summed E-state index contributed by atoms with van der Waals surface area (Å²) in [5, 5.41) is 25.9. The van der Waals surface area contributed by atoms with Crippen LogP contribution >= 0.6 is 0 Å². The Morgan fingerprint density at radius 1 is 1.36 bits per heavy atom. The molecule has 3 N–H and O–H groups in total. The van der Waals surface area contributed by atoms with E-state index in [1.165, 1.54) is 0 Å². The van der Waals surface area contributed by atoms with Crippen molar-refractivity contribution in [1.82, 2.24) is 0 Å². The number of aliphatic hydroxyl groups is 3. The van der Waals surface area contributed by atoms with Crippen LogP contribution in [0.25, 0.3) is 0 Å². The van der Waals surface area contributed by atoms with Gasteiger partial charge in [0.05, 0.1) is 19.3 Å². The standard InChI is InChI=1S/C7H16O4/c1-6(9)2-3-11-5-7(10)4-8/h6-10H,2-5H2,1H3. The number of aliphatic hydroxyl groups excluding tert-OH is 3. The minimum absolute atomic E-state index is 0.128. The molecule has 2 unspecified atom stereocenters. The Balaban J connectivity index is 3.01. The Bertz CT molecular complexity index is 84.5. The summed E-state index contributed by atoms with van der Waals surface area (Å²) in [7, 11) is 0. The lowest BCUT2D eigenvalue weighted by atomic mass is 10.3. The summed E-state index contributed by atoms with van der Waals surface area (Å²) in [6.07, 6.45) is -0.622. The molecule has 0 saturated carbocycles. The number of hydrogen-bond donors (Lipinski definition) is 3. The quantitative estimate of drug-likeness (QED) is 0.446. The van der Waals surface area contributed by atoms with Gasteiger partial charge in [-0.05, 0) is 13.3 Å². The molecule has 0 heterocycles. The van der Waals surface area contributed by atoms with E-state index >= 15 is 0 Å². The predicted octanol–water partition coefficient (Wildman–Crippen LogP) is -0.873. The van der Waals surface area contributed by atoms with Crippen LogP contribution in [0.2, 0.25) is 0 Å². The highest BCUT2D eigenvalue weighted by Gasteiger charge is 2.01. The second kappa shape index (κ2) is 6.54. The van der Waals surface area contributed by atoms with E-state index in [1.54, 1.807) is 6.92 Å². The van der Waals surface area contributed by atoms with Gasteiger partial charge in [-0.25, -0.2) is 0 Å². The summed E-state index contributed by atoms with van der Waals surface area (Å²) < 4.78 is 4.93. The molecule has 0 amide bonds. The molecule has 4 nitrogen and oxygen atoms in total. The highest BCUT2D eigenvalue weighted by molar-refractivity contribution is 4.50. The third kappa shape index (κ3) is 7.74. The van der Waals surface area contributed by atoms with E-state index in [1.807, 2.05) is 0 Å². The Kier molecular flexibility index (Phi) is 6.45. The Morgan fingerprint density at radius 3 is 2.45 bits per heavy atom. The van der Waals surface area contributed by atoms with E-state index in [-0.39, 0.29) is 19.3 Å². The zero-order chi connectivity index (χ0) is 8.69. The van der Waals surface area contributed by atoms with Crippen LogP contribution in [0.5, 0.6) is 0 Å². The van der Waals surface area contributed by atoms with E-state index in [4.69, 9.17) is 20.1 Å². The summed E-state index contributed by atoms with van der Waals surface area (Å²) in [4.78, 5) is 0. The van der Waals surface area contributed by atoms with Gasteiger partial charge in [-0.2, -0.15) is 0 Å². The van der Waals surface area contributed by atoms with Crippen LogP contribution in [0, 0.1) is 0 Å². The lowest BCUT2D eigenvalue weighted by Gasteiger charge is -2.08. The van der Waals surface area contributed by atoms with Crippen LogP contribution in [0.3, 0.4) is 0 Å². The van der Waals surface area contributed by atoms with Crippen molar-refractivity contribution in [3.05, 3.63) is 0 Å². The van der Waals surface area contributed by atoms with Crippen molar-refractivity contribution in [1.29, 1.82) is 0 Å². The van der Waals surface area contributed by atoms with Crippen molar-refractivity contribution in [2.45, 2.75) is 25.6 Å². The molecule has 0 aromatic heterocycles. The van der Waals surface area contributed by atoms with Crippen molar-refractivity contribution in [2.24, 2.45) is 0 Å². The molecule has 0 aromatic carbocycles. The monoisotopic (exact) mass is 164 g/mol. The maximum absolute atomic E-state index is 8.79. The molecule has 0 aliphatic carbocycles. The van der Waals surface area contributed by atoms with Gasteiger partial charge in [-0.15, -0.1) is 0 Å². The van der Waals surface area contributed by atoms with Gasteiger partial charge < -0.3 is 20.1 Å². The summed E-state index contributed by atoms with van der Waals surface area (Å²) in [5.41, 5.74) is 0. The van der Waals surface area contributed by atoms with E-state index < -0.39 is 6.10 Å². The summed E-state index contributed by atoms with van der Waals surface area (Å²) in [5.74, 6) is 0. The van der Waals surface area contributed by atoms with Gasteiger partial charge in [0.25, 0.3) is 0 Å². The van der Waals surface area contributed by atoms with E-state index in [9.17, 15) is 0 Å². The molecule has 4 heteroatoms. The number of rotatable bonds is 6. The highest BCUT2D eigenvalue weighted by Crippen LogP contribution is 1.91. The van der Waals surface area contributed by atoms with Crippen molar-refractivity contribution >= 4 is 0 Å². The average Bonchev–Trinajstić information content (AvgIpc) is 1.97. The lowest BCUT2D eigenvalue weighted by Crippen LogP contribution is -2.20. The van der Waals surface area contributed by atoms with Crippen molar-refractivity contribution < 1.29 is 20.1 Å². The zero-order valence-corrected chi connectivity index (χ0v) is 6.73. The molecule has 2 atom stereocenters. The second-order valence-corrected chi connectivity index (χ2v) is 2.55. The summed E-state index contributed by atoms with van der Waals surface area (Å²) in [6, 6.07) is 0. The van der Waals surface area contributed by atoms with Crippen molar-refractivity contribution in [3.8, 4) is 0 Å².